The Kier molecular flexibility index (Phi) is 6.17. The molecule has 32 heavy (non-hydrogen) atoms. The molecule has 0 spiro atoms. The summed E-state index contributed by atoms with van der Waals surface area (Å²) in [6, 6.07) is 9.00. The van der Waals surface area contributed by atoms with Crippen molar-refractivity contribution in [2.75, 3.05) is 12.4 Å². The van der Waals surface area contributed by atoms with E-state index in [0.717, 1.165) is 19.2 Å². The van der Waals surface area contributed by atoms with Gasteiger partial charge >= 0.3 is 12.3 Å². The molecule has 3 rings (SSSR count). The molecule has 1 aromatic heterocycles. The van der Waals surface area contributed by atoms with Gasteiger partial charge in [0.25, 0.3) is 10.0 Å². The lowest BCUT2D eigenvalue weighted by atomic mass is 10.1. The molecular weight excluding hydrogens is 451 g/mol. The highest BCUT2D eigenvalue weighted by Gasteiger charge is 2.31. The third-order valence-corrected chi connectivity index (χ3v) is 6.01. The van der Waals surface area contributed by atoms with Gasteiger partial charge in [-0.05, 0) is 54.8 Å². The summed E-state index contributed by atoms with van der Waals surface area (Å²) in [4.78, 5) is 23.6. The Hall–Kier alpha value is -3.54. The van der Waals surface area contributed by atoms with Gasteiger partial charge in [0.1, 0.15) is 6.04 Å². The van der Waals surface area contributed by atoms with E-state index in [1.807, 2.05) is 0 Å². The Balaban J connectivity index is 0.00000289. The van der Waals surface area contributed by atoms with Crippen LogP contribution in [0.2, 0.25) is 0 Å². The quantitative estimate of drug-likeness (QED) is 0.571. The number of benzene rings is 2. The number of halogens is 3. The summed E-state index contributed by atoms with van der Waals surface area (Å²) in [6.07, 6.45) is -4.15. The molecule has 2 aromatic carbocycles. The van der Waals surface area contributed by atoms with Crippen LogP contribution in [-0.4, -0.2) is 32.1 Å². The Morgan fingerprint density at radius 3 is 2.34 bits per heavy atom. The average molecular weight is 473 g/mol. The lowest BCUT2D eigenvalue weighted by molar-refractivity contribution is -0.137. The minimum Gasteiger partial charge on any atom is -0.452 e. The number of aromatic nitrogens is 1. The average Bonchev–Trinajstić information content (AvgIpc) is 3.15. The first kappa shape index (κ1) is 23.1. The van der Waals surface area contributed by atoms with Crippen LogP contribution in [0.4, 0.5) is 23.7 Å². The summed E-state index contributed by atoms with van der Waals surface area (Å²) in [5.74, 6) is -0.525. The highest BCUT2D eigenvalue weighted by atomic mass is 32.2. The van der Waals surface area contributed by atoms with Gasteiger partial charge in [-0.15, -0.1) is 0 Å². The van der Waals surface area contributed by atoms with E-state index in [1.165, 1.54) is 48.0 Å². The predicted octanol–water partition coefficient (Wildman–Crippen LogP) is 4.40. The van der Waals surface area contributed by atoms with E-state index in [2.05, 4.69) is 10.1 Å². The van der Waals surface area contributed by atoms with Gasteiger partial charge in [0.15, 0.2) is 0 Å². The molecule has 0 saturated heterocycles. The molecule has 2 N–H and O–H groups in total. The van der Waals surface area contributed by atoms with Crippen molar-refractivity contribution in [2.45, 2.75) is 24.0 Å². The fourth-order valence-corrected chi connectivity index (χ4v) is 3.88. The van der Waals surface area contributed by atoms with E-state index >= 15 is 0 Å². The van der Waals surface area contributed by atoms with Crippen molar-refractivity contribution < 1.29 is 38.8 Å². The number of carbonyl (C=O) groups is 2. The molecule has 0 bridgehead atoms. The summed E-state index contributed by atoms with van der Waals surface area (Å²) in [7, 11) is -3.13. The molecule has 0 aliphatic rings. The van der Waals surface area contributed by atoms with Crippen LogP contribution < -0.4 is 10.0 Å². The van der Waals surface area contributed by atoms with Gasteiger partial charge in [-0.25, -0.2) is 17.9 Å². The maximum atomic E-state index is 13.0. The van der Waals surface area contributed by atoms with Crippen molar-refractivity contribution in [1.82, 2.24) is 9.29 Å². The van der Waals surface area contributed by atoms with E-state index in [0.29, 0.717) is 5.39 Å². The maximum Gasteiger partial charge on any atom is 0.420 e. The van der Waals surface area contributed by atoms with E-state index in [-0.39, 0.29) is 19.0 Å². The zero-order valence-electron chi connectivity index (χ0n) is 16.8. The van der Waals surface area contributed by atoms with E-state index in [4.69, 9.17) is 0 Å². The Labute approximate surface area is 184 Å². The molecule has 3 aromatic rings. The van der Waals surface area contributed by atoms with E-state index in [1.54, 1.807) is 10.8 Å². The molecule has 0 aliphatic carbocycles. The van der Waals surface area contributed by atoms with Crippen molar-refractivity contribution in [1.29, 1.82) is 0 Å². The number of fused-ring (bicyclic) bond motifs is 1. The summed E-state index contributed by atoms with van der Waals surface area (Å²) in [5.41, 5.74) is -0.320. The SMILES string of the molecule is COC(=O)NS(=O)(=O)c1ccc(NC(=O)[C@H](C)n2ccc3ccc(C(F)(F)F)cc32)cc1.[HH].[HH]. The van der Waals surface area contributed by atoms with Crippen LogP contribution in [-0.2, 0) is 25.7 Å². The maximum absolute atomic E-state index is 13.0. The zero-order valence-corrected chi connectivity index (χ0v) is 17.6. The summed E-state index contributed by atoms with van der Waals surface area (Å²) < 4.78 is 70.6. The molecule has 0 aliphatic heterocycles. The van der Waals surface area contributed by atoms with Gasteiger partial charge < -0.3 is 14.6 Å². The minimum atomic E-state index is -4.51. The number of carbonyl (C=O) groups excluding carboxylic acids is 2. The van der Waals surface area contributed by atoms with Crippen LogP contribution in [0.25, 0.3) is 10.9 Å². The second-order valence-electron chi connectivity index (χ2n) is 6.78. The third-order valence-electron chi connectivity index (χ3n) is 4.68. The molecular formula is C20H22F3N3O5S. The summed E-state index contributed by atoms with van der Waals surface area (Å²) >= 11 is 0. The lowest BCUT2D eigenvalue weighted by Gasteiger charge is -2.16. The van der Waals surface area contributed by atoms with Gasteiger partial charge in [-0.1, -0.05) is 6.07 Å². The fourth-order valence-electron chi connectivity index (χ4n) is 2.96. The van der Waals surface area contributed by atoms with Crippen LogP contribution in [0.15, 0.2) is 59.6 Å². The second kappa shape index (κ2) is 8.54. The molecule has 0 radical (unpaired) electrons. The van der Waals surface area contributed by atoms with Crippen LogP contribution in [0.1, 0.15) is 21.4 Å². The zero-order chi connectivity index (χ0) is 23.7. The Morgan fingerprint density at radius 2 is 1.75 bits per heavy atom. The number of rotatable bonds is 5. The number of hydrogen-bond donors (Lipinski definition) is 2. The first-order valence-corrected chi connectivity index (χ1v) is 10.6. The molecule has 0 unspecified atom stereocenters. The molecule has 8 nitrogen and oxygen atoms in total. The monoisotopic (exact) mass is 473 g/mol. The largest absolute Gasteiger partial charge is 0.452 e. The number of anilines is 1. The van der Waals surface area contributed by atoms with Crippen molar-refractivity contribution in [3.8, 4) is 0 Å². The van der Waals surface area contributed by atoms with Crippen molar-refractivity contribution in [2.24, 2.45) is 0 Å². The number of sulfonamides is 1. The molecule has 2 amide bonds. The second-order valence-corrected chi connectivity index (χ2v) is 8.46. The highest BCUT2D eigenvalue weighted by molar-refractivity contribution is 7.90. The Morgan fingerprint density at radius 1 is 1.09 bits per heavy atom. The molecule has 0 saturated carbocycles. The predicted molar refractivity (Wildman–Crippen MR) is 114 cm³/mol. The normalized spacial score (nSPS) is 12.9. The topological polar surface area (TPSA) is 106 Å². The number of alkyl halides is 3. The van der Waals surface area contributed by atoms with Gasteiger partial charge in [0, 0.05) is 20.3 Å². The van der Waals surface area contributed by atoms with Crippen LogP contribution >= 0.6 is 0 Å². The summed E-state index contributed by atoms with van der Waals surface area (Å²) in [5, 5.41) is 3.13. The van der Waals surface area contributed by atoms with Crippen LogP contribution in [0.5, 0.6) is 0 Å². The first-order valence-electron chi connectivity index (χ1n) is 9.12. The number of methoxy groups -OCH3 is 1. The van der Waals surface area contributed by atoms with Crippen molar-refractivity contribution in [3.05, 3.63) is 60.3 Å². The van der Waals surface area contributed by atoms with E-state index < -0.39 is 39.8 Å². The van der Waals surface area contributed by atoms with Crippen LogP contribution in [0, 0.1) is 0 Å². The van der Waals surface area contributed by atoms with Crippen molar-refractivity contribution >= 4 is 38.6 Å². The Bertz CT molecular complexity index is 1280. The van der Waals surface area contributed by atoms with Gasteiger partial charge in [-0.3, -0.25) is 4.79 Å². The standard InChI is InChI=1S/C20H18F3N3O5S.2H2/c1-12(26-10-9-13-3-4-14(11-17(13)26)20(21,22)23)18(27)24-15-5-7-16(8-6-15)32(29,30)25-19(28)31-2;;/h3-12H,1-2H3,(H,24,27)(H,25,28);2*1H/t12-;;/m0../s1. The fraction of sp³-hybridized carbons (Fsp3) is 0.200. The van der Waals surface area contributed by atoms with Gasteiger partial charge in [-0.2, -0.15) is 13.2 Å². The van der Waals surface area contributed by atoms with Crippen LogP contribution in [0.3, 0.4) is 0 Å². The molecule has 1 heterocycles. The minimum absolute atomic E-state index is 0. The summed E-state index contributed by atoms with van der Waals surface area (Å²) in [6.45, 7) is 1.52. The number of nitrogens with one attached hydrogen (secondary N) is 2. The smallest absolute Gasteiger partial charge is 0.420 e. The number of nitrogens with zero attached hydrogens (tertiary/aromatic N) is 1. The molecule has 1 atom stereocenters. The highest BCUT2D eigenvalue weighted by Crippen LogP contribution is 2.32. The van der Waals surface area contributed by atoms with Crippen molar-refractivity contribution in [3.63, 3.8) is 0 Å². The van der Waals surface area contributed by atoms with Gasteiger partial charge in [0.05, 0.1) is 17.6 Å². The molecule has 0 fully saturated rings. The number of hydrogen-bond acceptors (Lipinski definition) is 5. The first-order chi connectivity index (χ1) is 14.9. The molecule has 12 heteroatoms. The number of amides is 2. The molecule has 174 valence electrons. The number of ether oxygens (including phenoxy) is 1. The lowest BCUT2D eigenvalue weighted by Crippen LogP contribution is -2.30. The van der Waals surface area contributed by atoms with Gasteiger partial charge in [0.2, 0.25) is 5.91 Å². The van der Waals surface area contributed by atoms with E-state index in [9.17, 15) is 31.2 Å². The third kappa shape index (κ3) is 4.85.